The number of carboxylic acid groups (broad SMARTS) is 1. The van der Waals surface area contributed by atoms with Crippen molar-refractivity contribution in [2.24, 2.45) is 13.0 Å². The van der Waals surface area contributed by atoms with Gasteiger partial charge in [-0.25, -0.2) is 4.79 Å². The van der Waals surface area contributed by atoms with Crippen LogP contribution in [0.3, 0.4) is 0 Å². The molecule has 100 valence electrons. The summed E-state index contributed by atoms with van der Waals surface area (Å²) in [5.74, 6) is -0.428. The van der Waals surface area contributed by atoms with E-state index >= 15 is 0 Å². The molecule has 1 aromatic rings. The van der Waals surface area contributed by atoms with Crippen molar-refractivity contribution in [3.63, 3.8) is 0 Å². The van der Waals surface area contributed by atoms with E-state index in [4.69, 9.17) is 9.84 Å². The molecule has 0 saturated carbocycles. The molecule has 1 aliphatic heterocycles. The number of ether oxygens (including phenoxy) is 1. The highest BCUT2D eigenvalue weighted by atomic mass is 16.5. The van der Waals surface area contributed by atoms with Gasteiger partial charge in [-0.3, -0.25) is 4.68 Å². The van der Waals surface area contributed by atoms with E-state index in [-0.39, 0.29) is 5.56 Å². The van der Waals surface area contributed by atoms with Crippen molar-refractivity contribution >= 4 is 5.97 Å². The second kappa shape index (κ2) is 5.49. The third-order valence-corrected chi connectivity index (χ3v) is 3.56. The van der Waals surface area contributed by atoms with Gasteiger partial charge in [-0.05, 0) is 19.3 Å². The Labute approximate surface area is 106 Å². The maximum Gasteiger partial charge on any atom is 0.339 e. The molecular formula is C12H19N3O3. The molecule has 0 spiro atoms. The van der Waals surface area contributed by atoms with Gasteiger partial charge in [-0.2, -0.15) is 5.10 Å². The van der Waals surface area contributed by atoms with Crippen LogP contribution in [0.25, 0.3) is 0 Å². The van der Waals surface area contributed by atoms with Gasteiger partial charge in [-0.15, -0.1) is 0 Å². The Morgan fingerprint density at radius 3 is 3.17 bits per heavy atom. The molecule has 2 atom stereocenters. The number of hydrogen-bond acceptors (Lipinski definition) is 4. The van der Waals surface area contributed by atoms with Crippen LogP contribution in [-0.4, -0.2) is 40.1 Å². The second-order valence-electron chi connectivity index (χ2n) is 4.73. The first-order chi connectivity index (χ1) is 8.59. The Bertz CT molecular complexity index is 424. The Morgan fingerprint density at radius 1 is 1.78 bits per heavy atom. The normalized spacial score (nSPS) is 21.1. The average Bonchev–Trinajstić information content (AvgIpc) is 2.95. The molecule has 0 amide bonds. The molecule has 2 heterocycles. The lowest BCUT2D eigenvalue weighted by molar-refractivity contribution is 0.0695. The van der Waals surface area contributed by atoms with Crippen LogP contribution in [0.4, 0.5) is 0 Å². The molecule has 2 unspecified atom stereocenters. The lowest BCUT2D eigenvalue weighted by Crippen LogP contribution is -2.34. The SMILES string of the molecule is CC(NCc1c(C(=O)O)cnn1C)C1CCOC1. The molecule has 18 heavy (non-hydrogen) atoms. The van der Waals surface area contributed by atoms with E-state index in [0.29, 0.717) is 24.2 Å². The van der Waals surface area contributed by atoms with Crippen molar-refractivity contribution < 1.29 is 14.6 Å². The summed E-state index contributed by atoms with van der Waals surface area (Å²) in [6.45, 7) is 4.22. The lowest BCUT2D eigenvalue weighted by Gasteiger charge is -2.19. The zero-order valence-corrected chi connectivity index (χ0v) is 10.7. The number of aromatic nitrogens is 2. The molecule has 1 aromatic heterocycles. The number of aromatic carboxylic acids is 1. The molecule has 2 N–H and O–H groups in total. The molecule has 0 bridgehead atoms. The second-order valence-corrected chi connectivity index (χ2v) is 4.73. The Hall–Kier alpha value is -1.40. The summed E-state index contributed by atoms with van der Waals surface area (Å²) < 4.78 is 6.95. The molecule has 1 fully saturated rings. The largest absolute Gasteiger partial charge is 0.478 e. The van der Waals surface area contributed by atoms with Gasteiger partial charge in [0.2, 0.25) is 0 Å². The fourth-order valence-corrected chi connectivity index (χ4v) is 2.22. The Morgan fingerprint density at radius 2 is 2.56 bits per heavy atom. The van der Waals surface area contributed by atoms with Gasteiger partial charge in [-0.1, -0.05) is 0 Å². The van der Waals surface area contributed by atoms with Gasteiger partial charge in [0.1, 0.15) is 5.56 Å². The predicted octanol–water partition coefficient (Wildman–Crippen LogP) is 0.633. The maximum absolute atomic E-state index is 11.0. The molecule has 6 nitrogen and oxygen atoms in total. The summed E-state index contributed by atoms with van der Waals surface area (Å²) in [6.07, 6.45) is 2.45. The van der Waals surface area contributed by atoms with Gasteiger partial charge in [0.15, 0.2) is 0 Å². The number of nitrogens with one attached hydrogen (secondary N) is 1. The minimum atomic E-state index is -0.934. The number of hydrogen-bond donors (Lipinski definition) is 2. The van der Waals surface area contributed by atoms with Crippen LogP contribution in [0, 0.1) is 5.92 Å². The first kappa shape index (κ1) is 13.0. The molecule has 1 saturated heterocycles. The van der Waals surface area contributed by atoms with E-state index in [0.717, 1.165) is 19.6 Å². The molecular weight excluding hydrogens is 234 g/mol. The number of rotatable bonds is 5. The summed E-state index contributed by atoms with van der Waals surface area (Å²) >= 11 is 0. The molecule has 0 aliphatic carbocycles. The lowest BCUT2D eigenvalue weighted by atomic mass is 10.0. The van der Waals surface area contributed by atoms with Crippen LogP contribution in [0.15, 0.2) is 6.20 Å². The molecule has 2 rings (SSSR count). The van der Waals surface area contributed by atoms with Crippen LogP contribution >= 0.6 is 0 Å². The quantitative estimate of drug-likeness (QED) is 0.805. The Balaban J connectivity index is 1.97. The number of nitrogens with zero attached hydrogens (tertiary/aromatic N) is 2. The molecule has 1 aliphatic rings. The number of aryl methyl sites for hydroxylation is 1. The summed E-state index contributed by atoms with van der Waals surface area (Å²) in [4.78, 5) is 11.0. The van der Waals surface area contributed by atoms with Gasteiger partial charge < -0.3 is 15.2 Å². The zero-order chi connectivity index (χ0) is 13.1. The third kappa shape index (κ3) is 2.70. The summed E-state index contributed by atoms with van der Waals surface area (Å²) in [6, 6.07) is 0.309. The summed E-state index contributed by atoms with van der Waals surface area (Å²) in [5.41, 5.74) is 0.966. The van der Waals surface area contributed by atoms with E-state index in [1.165, 1.54) is 6.20 Å². The van der Waals surface area contributed by atoms with Crippen LogP contribution in [0.5, 0.6) is 0 Å². The van der Waals surface area contributed by atoms with Crippen molar-refractivity contribution in [2.75, 3.05) is 13.2 Å². The monoisotopic (exact) mass is 253 g/mol. The van der Waals surface area contributed by atoms with E-state index in [1.807, 2.05) is 0 Å². The summed E-state index contributed by atoms with van der Waals surface area (Å²) in [7, 11) is 1.76. The van der Waals surface area contributed by atoms with Crippen LogP contribution in [0.2, 0.25) is 0 Å². The molecule has 0 aromatic carbocycles. The average molecular weight is 253 g/mol. The van der Waals surface area contributed by atoms with E-state index < -0.39 is 5.97 Å². The third-order valence-electron chi connectivity index (χ3n) is 3.56. The van der Waals surface area contributed by atoms with Crippen molar-refractivity contribution in [1.82, 2.24) is 15.1 Å². The highest BCUT2D eigenvalue weighted by Gasteiger charge is 2.23. The molecule has 6 heteroatoms. The van der Waals surface area contributed by atoms with Crippen LogP contribution < -0.4 is 5.32 Å². The first-order valence-corrected chi connectivity index (χ1v) is 6.15. The van der Waals surface area contributed by atoms with Gasteiger partial charge in [0, 0.05) is 26.2 Å². The number of carbonyl (C=O) groups is 1. The minimum Gasteiger partial charge on any atom is -0.478 e. The first-order valence-electron chi connectivity index (χ1n) is 6.15. The highest BCUT2D eigenvalue weighted by Crippen LogP contribution is 2.17. The van der Waals surface area contributed by atoms with Gasteiger partial charge in [0.05, 0.1) is 18.5 Å². The van der Waals surface area contributed by atoms with Crippen LogP contribution in [-0.2, 0) is 18.3 Å². The van der Waals surface area contributed by atoms with Crippen molar-refractivity contribution in [3.8, 4) is 0 Å². The smallest absolute Gasteiger partial charge is 0.339 e. The topological polar surface area (TPSA) is 76.4 Å². The van der Waals surface area contributed by atoms with E-state index in [1.54, 1.807) is 11.7 Å². The highest BCUT2D eigenvalue weighted by molar-refractivity contribution is 5.88. The maximum atomic E-state index is 11.0. The van der Waals surface area contributed by atoms with Crippen molar-refractivity contribution in [1.29, 1.82) is 0 Å². The predicted molar refractivity (Wildman–Crippen MR) is 65.4 cm³/mol. The fraction of sp³-hybridized carbons (Fsp3) is 0.667. The summed E-state index contributed by atoms with van der Waals surface area (Å²) in [5, 5.41) is 16.4. The van der Waals surface area contributed by atoms with Crippen molar-refractivity contribution in [3.05, 3.63) is 17.5 Å². The van der Waals surface area contributed by atoms with Gasteiger partial charge >= 0.3 is 5.97 Å². The molecule has 0 radical (unpaired) electrons. The Kier molecular flexibility index (Phi) is 3.98. The standard InChI is InChI=1S/C12H19N3O3/c1-8(9-3-4-18-7-9)13-6-11-10(12(16)17)5-14-15(11)2/h5,8-9,13H,3-4,6-7H2,1-2H3,(H,16,17). The van der Waals surface area contributed by atoms with E-state index in [2.05, 4.69) is 17.3 Å². The van der Waals surface area contributed by atoms with Crippen LogP contribution in [0.1, 0.15) is 29.4 Å². The fourth-order valence-electron chi connectivity index (χ4n) is 2.22. The van der Waals surface area contributed by atoms with E-state index in [9.17, 15) is 4.79 Å². The van der Waals surface area contributed by atoms with Crippen molar-refractivity contribution in [2.45, 2.75) is 25.9 Å². The van der Waals surface area contributed by atoms with Gasteiger partial charge in [0.25, 0.3) is 0 Å². The number of carboxylic acids is 1. The minimum absolute atomic E-state index is 0.264. The zero-order valence-electron chi connectivity index (χ0n) is 10.7.